The molecule has 3 nitrogen and oxygen atoms in total. The van der Waals surface area contributed by atoms with Crippen LogP contribution in [0.25, 0.3) is 0 Å². The lowest BCUT2D eigenvalue weighted by atomic mass is 10.0. The molecule has 1 aliphatic heterocycles. The summed E-state index contributed by atoms with van der Waals surface area (Å²) in [6, 6.07) is 0. The molecule has 0 aromatic carbocycles. The number of piperazine rings is 1. The average molecular weight is 198 g/mol. The molecule has 0 bridgehead atoms. The molecule has 1 saturated heterocycles. The van der Waals surface area contributed by atoms with Crippen LogP contribution >= 0.6 is 0 Å². The number of hydrogen-bond donors (Lipinski definition) is 0. The lowest BCUT2D eigenvalue weighted by Gasteiger charge is -2.33. The van der Waals surface area contributed by atoms with Crippen molar-refractivity contribution < 1.29 is 4.79 Å². The maximum Gasteiger partial charge on any atom is 0.222 e. The van der Waals surface area contributed by atoms with E-state index in [0.717, 1.165) is 39.0 Å². The van der Waals surface area contributed by atoms with E-state index in [9.17, 15) is 4.79 Å². The van der Waals surface area contributed by atoms with E-state index in [0.29, 0.717) is 11.8 Å². The predicted octanol–water partition coefficient (Wildman–Crippen LogP) is 1.20. The van der Waals surface area contributed by atoms with Gasteiger partial charge < -0.3 is 9.80 Å². The number of carbonyl (C=O) groups is 1. The largest absolute Gasteiger partial charge is 0.340 e. The summed E-state index contributed by atoms with van der Waals surface area (Å²) in [5, 5.41) is 0. The van der Waals surface area contributed by atoms with Gasteiger partial charge in [0, 0.05) is 32.6 Å². The zero-order valence-electron chi connectivity index (χ0n) is 9.62. The summed E-state index contributed by atoms with van der Waals surface area (Å²) in [5.74, 6) is 0.870. The van der Waals surface area contributed by atoms with E-state index in [1.54, 1.807) is 0 Å². The molecule has 3 heteroatoms. The van der Waals surface area contributed by atoms with Crippen LogP contribution in [0.15, 0.2) is 0 Å². The van der Waals surface area contributed by atoms with E-state index in [1.165, 1.54) is 0 Å². The first-order chi connectivity index (χ1) is 6.63. The second-order valence-corrected chi connectivity index (χ2v) is 4.40. The Kier molecular flexibility index (Phi) is 4.39. The molecule has 1 rings (SSSR count). The lowest BCUT2D eigenvalue weighted by Crippen LogP contribution is -2.47. The summed E-state index contributed by atoms with van der Waals surface area (Å²) < 4.78 is 0. The second kappa shape index (κ2) is 5.35. The van der Waals surface area contributed by atoms with Crippen molar-refractivity contribution in [3.8, 4) is 0 Å². The van der Waals surface area contributed by atoms with Crippen molar-refractivity contribution in [3.63, 3.8) is 0 Å². The molecule has 0 spiro atoms. The Balaban J connectivity index is 2.30. The third kappa shape index (κ3) is 3.29. The molecule has 0 saturated carbocycles. The topological polar surface area (TPSA) is 23.6 Å². The minimum Gasteiger partial charge on any atom is -0.340 e. The highest BCUT2D eigenvalue weighted by Gasteiger charge is 2.19. The van der Waals surface area contributed by atoms with Crippen molar-refractivity contribution in [3.05, 3.63) is 0 Å². The number of likely N-dealkylation sites (N-methyl/N-ethyl adjacent to an activating group) is 1. The molecule has 1 fully saturated rings. The summed E-state index contributed by atoms with van der Waals surface area (Å²) in [6.07, 6.45) is 1.82. The van der Waals surface area contributed by atoms with E-state index in [1.807, 2.05) is 4.90 Å². The Hall–Kier alpha value is -0.570. The van der Waals surface area contributed by atoms with E-state index in [2.05, 4.69) is 25.8 Å². The fourth-order valence-electron chi connectivity index (χ4n) is 1.63. The minimum absolute atomic E-state index is 0.340. The fraction of sp³-hybridized carbons (Fsp3) is 0.909. The van der Waals surface area contributed by atoms with Gasteiger partial charge >= 0.3 is 0 Å². The van der Waals surface area contributed by atoms with Crippen LogP contribution < -0.4 is 0 Å². The summed E-state index contributed by atoms with van der Waals surface area (Å²) in [6.45, 7) is 8.14. The molecule has 0 aromatic rings. The molecule has 0 radical (unpaired) electrons. The molecular weight excluding hydrogens is 176 g/mol. The molecule has 1 heterocycles. The molecule has 1 amide bonds. The smallest absolute Gasteiger partial charge is 0.222 e. The van der Waals surface area contributed by atoms with E-state index in [4.69, 9.17) is 0 Å². The van der Waals surface area contributed by atoms with Gasteiger partial charge in [-0.25, -0.2) is 0 Å². The third-order valence-electron chi connectivity index (χ3n) is 3.08. The maximum absolute atomic E-state index is 11.8. The third-order valence-corrected chi connectivity index (χ3v) is 3.08. The van der Waals surface area contributed by atoms with Gasteiger partial charge in [0.1, 0.15) is 0 Å². The molecule has 0 aromatic heterocycles. The minimum atomic E-state index is 0.340. The lowest BCUT2D eigenvalue weighted by molar-refractivity contribution is -0.133. The highest BCUT2D eigenvalue weighted by Crippen LogP contribution is 2.10. The van der Waals surface area contributed by atoms with Gasteiger partial charge in [-0.2, -0.15) is 0 Å². The zero-order chi connectivity index (χ0) is 10.6. The van der Waals surface area contributed by atoms with Crippen LogP contribution in [-0.2, 0) is 4.79 Å². The molecule has 1 unspecified atom stereocenters. The summed E-state index contributed by atoms with van der Waals surface area (Å²) in [4.78, 5) is 16.1. The highest BCUT2D eigenvalue weighted by atomic mass is 16.2. The molecule has 0 N–H and O–H groups in total. The van der Waals surface area contributed by atoms with Gasteiger partial charge in [0.15, 0.2) is 0 Å². The van der Waals surface area contributed by atoms with Gasteiger partial charge in [-0.3, -0.25) is 4.79 Å². The van der Waals surface area contributed by atoms with Gasteiger partial charge in [-0.15, -0.1) is 0 Å². The van der Waals surface area contributed by atoms with Crippen molar-refractivity contribution in [2.45, 2.75) is 26.7 Å². The van der Waals surface area contributed by atoms with Crippen LogP contribution in [0.5, 0.6) is 0 Å². The first-order valence-corrected chi connectivity index (χ1v) is 5.59. The van der Waals surface area contributed by atoms with E-state index < -0.39 is 0 Å². The molecule has 1 atom stereocenters. The second-order valence-electron chi connectivity index (χ2n) is 4.40. The summed E-state index contributed by atoms with van der Waals surface area (Å²) in [5.41, 5.74) is 0. The van der Waals surface area contributed by atoms with Crippen molar-refractivity contribution in [1.82, 2.24) is 9.80 Å². The zero-order valence-corrected chi connectivity index (χ0v) is 9.62. The van der Waals surface area contributed by atoms with Crippen LogP contribution in [0, 0.1) is 5.92 Å². The Morgan fingerprint density at radius 3 is 2.36 bits per heavy atom. The van der Waals surface area contributed by atoms with Crippen LogP contribution in [0.1, 0.15) is 26.7 Å². The molecule has 0 aliphatic carbocycles. The van der Waals surface area contributed by atoms with Gasteiger partial charge in [0.2, 0.25) is 5.91 Å². The first-order valence-electron chi connectivity index (χ1n) is 5.59. The van der Waals surface area contributed by atoms with Crippen LogP contribution in [0.3, 0.4) is 0 Å². The predicted molar refractivity (Wildman–Crippen MR) is 58.1 cm³/mol. The molecule has 1 aliphatic rings. The standard InChI is InChI=1S/C11H22N2O/c1-4-10(2)9-11(14)13-7-5-12(3)6-8-13/h10H,4-9H2,1-3H3. The normalized spacial score (nSPS) is 20.9. The molecule has 14 heavy (non-hydrogen) atoms. The Morgan fingerprint density at radius 1 is 1.29 bits per heavy atom. The Morgan fingerprint density at radius 2 is 1.86 bits per heavy atom. The van der Waals surface area contributed by atoms with E-state index in [-0.39, 0.29) is 0 Å². The highest BCUT2D eigenvalue weighted by molar-refractivity contribution is 5.76. The number of hydrogen-bond acceptors (Lipinski definition) is 2. The Labute approximate surface area is 87.1 Å². The summed E-state index contributed by atoms with van der Waals surface area (Å²) >= 11 is 0. The Bertz CT molecular complexity index is 186. The first kappa shape index (κ1) is 11.5. The van der Waals surface area contributed by atoms with Gasteiger partial charge in [-0.05, 0) is 13.0 Å². The van der Waals surface area contributed by atoms with Crippen LogP contribution in [0.2, 0.25) is 0 Å². The quantitative estimate of drug-likeness (QED) is 0.680. The van der Waals surface area contributed by atoms with Crippen molar-refractivity contribution in [2.24, 2.45) is 5.92 Å². The van der Waals surface area contributed by atoms with Gasteiger partial charge in [0.05, 0.1) is 0 Å². The maximum atomic E-state index is 11.8. The monoisotopic (exact) mass is 198 g/mol. The number of rotatable bonds is 3. The van der Waals surface area contributed by atoms with E-state index >= 15 is 0 Å². The van der Waals surface area contributed by atoms with Gasteiger partial charge in [0.25, 0.3) is 0 Å². The number of amides is 1. The number of nitrogens with zero attached hydrogens (tertiary/aromatic N) is 2. The molecular formula is C11H22N2O. The number of carbonyl (C=O) groups excluding carboxylic acids is 1. The SMILES string of the molecule is CCC(C)CC(=O)N1CCN(C)CC1. The average Bonchev–Trinajstić information content (AvgIpc) is 2.18. The van der Waals surface area contributed by atoms with Crippen molar-refractivity contribution in [2.75, 3.05) is 33.2 Å². The summed E-state index contributed by atoms with van der Waals surface area (Å²) in [7, 11) is 2.11. The fourth-order valence-corrected chi connectivity index (χ4v) is 1.63. The van der Waals surface area contributed by atoms with Gasteiger partial charge in [-0.1, -0.05) is 20.3 Å². The van der Waals surface area contributed by atoms with Crippen molar-refractivity contribution in [1.29, 1.82) is 0 Å². The molecule has 82 valence electrons. The van der Waals surface area contributed by atoms with Crippen LogP contribution in [0.4, 0.5) is 0 Å². The van der Waals surface area contributed by atoms with Crippen molar-refractivity contribution >= 4 is 5.91 Å². The van der Waals surface area contributed by atoms with Crippen LogP contribution in [-0.4, -0.2) is 48.9 Å².